The van der Waals surface area contributed by atoms with Crippen LogP contribution in [-0.2, 0) is 0 Å². The Balaban J connectivity index is 2.95. The van der Waals surface area contributed by atoms with Crippen molar-refractivity contribution in [2.45, 2.75) is 12.3 Å². The van der Waals surface area contributed by atoms with Crippen LogP contribution in [0.4, 0.5) is 22.4 Å². The Hall–Kier alpha value is -1.80. The van der Waals surface area contributed by atoms with Crippen molar-refractivity contribution >= 4 is 6.16 Å². The van der Waals surface area contributed by atoms with Gasteiger partial charge in [0.25, 0.3) is 0 Å². The predicted octanol–water partition coefficient (Wildman–Crippen LogP) is 2.04. The van der Waals surface area contributed by atoms with Gasteiger partial charge in [-0.3, -0.25) is 5.10 Å². The molecule has 0 amide bonds. The van der Waals surface area contributed by atoms with Gasteiger partial charge in [-0.05, 0) is 0 Å². The number of aromatic amines is 1. The van der Waals surface area contributed by atoms with Gasteiger partial charge in [-0.2, -0.15) is 18.3 Å². The topological polar surface area (TPSA) is 75.2 Å². The minimum atomic E-state index is -5.16. The lowest BCUT2D eigenvalue weighted by atomic mass is 10.2. The van der Waals surface area contributed by atoms with E-state index in [1.807, 2.05) is 5.10 Å². The minimum absolute atomic E-state index is 0.710. The maximum atomic E-state index is 12.7. The lowest BCUT2D eigenvalue weighted by molar-refractivity contribution is -0.184. The van der Waals surface area contributed by atoms with Gasteiger partial charge in [-0.25, -0.2) is 9.18 Å². The maximum Gasteiger partial charge on any atom is 0.511 e. The number of carboxylic acid groups (broad SMARTS) is 1. The van der Waals surface area contributed by atoms with Gasteiger partial charge in [0.15, 0.2) is 5.75 Å². The van der Waals surface area contributed by atoms with Crippen LogP contribution in [0.1, 0.15) is 11.9 Å². The molecule has 15 heavy (non-hydrogen) atoms. The summed E-state index contributed by atoms with van der Waals surface area (Å²) in [5.41, 5.74) is -1.15. The SMILES string of the molecule is O=C(O)Oc1c[nH]nc1C(F)C(F)(F)F. The van der Waals surface area contributed by atoms with Crippen LogP contribution in [-0.4, -0.2) is 27.6 Å². The number of carbonyl (C=O) groups is 1. The summed E-state index contributed by atoms with van der Waals surface area (Å²) in [7, 11) is 0. The van der Waals surface area contributed by atoms with Gasteiger partial charge < -0.3 is 9.84 Å². The summed E-state index contributed by atoms with van der Waals surface area (Å²) in [5.74, 6) is -0.813. The molecule has 1 unspecified atom stereocenters. The lowest BCUT2D eigenvalue weighted by Gasteiger charge is -2.10. The number of rotatable bonds is 2. The fourth-order valence-corrected chi connectivity index (χ4v) is 0.802. The Morgan fingerprint density at radius 3 is 2.67 bits per heavy atom. The second-order valence-electron chi connectivity index (χ2n) is 2.41. The first kappa shape index (κ1) is 11.3. The molecule has 0 aromatic carbocycles. The van der Waals surface area contributed by atoms with Crippen molar-refractivity contribution < 1.29 is 32.2 Å². The van der Waals surface area contributed by atoms with Crippen LogP contribution >= 0.6 is 0 Å². The molecule has 0 saturated heterocycles. The molecule has 1 aromatic rings. The summed E-state index contributed by atoms with van der Waals surface area (Å²) in [4.78, 5) is 10.0. The Morgan fingerprint density at radius 1 is 1.60 bits per heavy atom. The maximum absolute atomic E-state index is 12.7. The molecular formula is C6H4F4N2O3. The van der Waals surface area contributed by atoms with E-state index >= 15 is 0 Å². The van der Waals surface area contributed by atoms with Crippen LogP contribution in [0.2, 0.25) is 0 Å². The van der Waals surface area contributed by atoms with Crippen LogP contribution in [0.25, 0.3) is 0 Å². The molecule has 5 nitrogen and oxygen atoms in total. The van der Waals surface area contributed by atoms with Gasteiger partial charge in [-0.15, -0.1) is 0 Å². The summed E-state index contributed by atoms with van der Waals surface area (Å²) in [6, 6.07) is 0. The highest BCUT2D eigenvalue weighted by Crippen LogP contribution is 2.38. The van der Waals surface area contributed by atoms with Crippen molar-refractivity contribution in [1.29, 1.82) is 0 Å². The summed E-state index contributed by atoms with van der Waals surface area (Å²) in [5, 5.41) is 12.9. The molecule has 0 spiro atoms. The number of ether oxygens (including phenoxy) is 1. The molecule has 0 bridgehead atoms. The minimum Gasteiger partial charge on any atom is -0.449 e. The number of halogens is 4. The van der Waals surface area contributed by atoms with E-state index in [0.29, 0.717) is 6.20 Å². The molecule has 0 fully saturated rings. The van der Waals surface area contributed by atoms with Crippen molar-refractivity contribution in [2.75, 3.05) is 0 Å². The van der Waals surface area contributed by atoms with Gasteiger partial charge in [0.1, 0.15) is 5.69 Å². The van der Waals surface area contributed by atoms with E-state index in [9.17, 15) is 22.4 Å². The van der Waals surface area contributed by atoms with Crippen LogP contribution in [0.3, 0.4) is 0 Å². The van der Waals surface area contributed by atoms with Gasteiger partial charge in [-0.1, -0.05) is 0 Å². The van der Waals surface area contributed by atoms with Crippen molar-refractivity contribution in [2.24, 2.45) is 0 Å². The molecular weight excluding hydrogens is 224 g/mol. The number of alkyl halides is 4. The molecule has 84 valence electrons. The van der Waals surface area contributed by atoms with Crippen molar-refractivity contribution in [1.82, 2.24) is 10.2 Å². The average molecular weight is 228 g/mol. The molecule has 0 aliphatic rings. The highest BCUT2D eigenvalue weighted by Gasteiger charge is 2.44. The lowest BCUT2D eigenvalue weighted by Crippen LogP contribution is -2.18. The monoisotopic (exact) mass is 228 g/mol. The molecule has 1 atom stereocenters. The standard InChI is InChI=1S/C6H4F4N2O3/c7-4(6(8,9)10)3-2(1-11-12-3)15-5(13)14/h1,4H,(H,11,12)(H,13,14). The van der Waals surface area contributed by atoms with E-state index in [-0.39, 0.29) is 0 Å². The molecule has 0 aliphatic carbocycles. The first-order valence-electron chi connectivity index (χ1n) is 3.47. The first-order chi connectivity index (χ1) is 6.82. The van der Waals surface area contributed by atoms with E-state index in [4.69, 9.17) is 5.11 Å². The Labute approximate surface area is 79.7 Å². The number of hydrogen-bond acceptors (Lipinski definition) is 3. The first-order valence-corrected chi connectivity index (χ1v) is 3.47. The number of nitrogens with one attached hydrogen (secondary N) is 1. The highest BCUT2D eigenvalue weighted by atomic mass is 19.4. The Morgan fingerprint density at radius 2 is 2.20 bits per heavy atom. The van der Waals surface area contributed by atoms with E-state index in [2.05, 4.69) is 9.84 Å². The van der Waals surface area contributed by atoms with E-state index in [1.165, 1.54) is 0 Å². The van der Waals surface area contributed by atoms with Crippen LogP contribution in [0.15, 0.2) is 6.20 Å². The van der Waals surface area contributed by atoms with Crippen molar-refractivity contribution in [3.05, 3.63) is 11.9 Å². The normalized spacial score (nSPS) is 13.6. The van der Waals surface area contributed by atoms with Crippen LogP contribution < -0.4 is 4.74 Å². The third-order valence-electron chi connectivity index (χ3n) is 1.36. The zero-order valence-electron chi connectivity index (χ0n) is 6.88. The second-order valence-corrected chi connectivity index (χ2v) is 2.41. The zero-order chi connectivity index (χ0) is 11.6. The van der Waals surface area contributed by atoms with Gasteiger partial charge in [0.2, 0.25) is 6.17 Å². The molecule has 1 heterocycles. The Bertz CT molecular complexity index is 362. The summed E-state index contributed by atoms with van der Waals surface area (Å²) >= 11 is 0. The molecule has 2 N–H and O–H groups in total. The summed E-state index contributed by atoms with van der Waals surface area (Å²) in [6.45, 7) is 0. The number of hydrogen-bond donors (Lipinski definition) is 2. The zero-order valence-corrected chi connectivity index (χ0v) is 6.88. The summed E-state index contributed by atoms with van der Waals surface area (Å²) in [6.07, 6.45) is -9.70. The fraction of sp³-hybridized carbons (Fsp3) is 0.333. The highest BCUT2D eigenvalue weighted by molar-refractivity contribution is 5.61. The Kier molecular flexibility index (Phi) is 2.82. The molecule has 9 heteroatoms. The largest absolute Gasteiger partial charge is 0.511 e. The predicted molar refractivity (Wildman–Crippen MR) is 37.1 cm³/mol. The van der Waals surface area contributed by atoms with Gasteiger partial charge in [0.05, 0.1) is 6.20 Å². The molecule has 1 aromatic heterocycles. The third kappa shape index (κ3) is 2.58. The fourth-order valence-electron chi connectivity index (χ4n) is 0.802. The van der Waals surface area contributed by atoms with E-state index in [0.717, 1.165) is 0 Å². The van der Waals surface area contributed by atoms with Crippen molar-refractivity contribution in [3.63, 3.8) is 0 Å². The number of aromatic nitrogens is 2. The molecule has 0 saturated carbocycles. The average Bonchev–Trinajstić information content (AvgIpc) is 2.48. The number of H-pyrrole nitrogens is 1. The number of nitrogens with zero attached hydrogens (tertiary/aromatic N) is 1. The van der Waals surface area contributed by atoms with Crippen LogP contribution in [0, 0.1) is 0 Å². The molecule has 0 radical (unpaired) electrons. The van der Waals surface area contributed by atoms with Crippen LogP contribution in [0.5, 0.6) is 5.75 Å². The third-order valence-corrected chi connectivity index (χ3v) is 1.36. The van der Waals surface area contributed by atoms with Gasteiger partial charge >= 0.3 is 12.3 Å². The molecule has 1 rings (SSSR count). The van der Waals surface area contributed by atoms with E-state index < -0.39 is 29.9 Å². The van der Waals surface area contributed by atoms with Crippen molar-refractivity contribution in [3.8, 4) is 5.75 Å². The summed E-state index contributed by atoms with van der Waals surface area (Å²) < 4.78 is 52.3. The van der Waals surface area contributed by atoms with Gasteiger partial charge in [0, 0.05) is 0 Å². The van der Waals surface area contributed by atoms with E-state index in [1.54, 1.807) is 0 Å². The smallest absolute Gasteiger partial charge is 0.449 e. The molecule has 0 aliphatic heterocycles. The second kappa shape index (κ2) is 3.75. The quantitative estimate of drug-likeness (QED) is 0.599.